The molecule has 1 saturated heterocycles. The van der Waals surface area contributed by atoms with Crippen LogP contribution in [0.5, 0.6) is 0 Å². The first-order chi connectivity index (χ1) is 10.9. The summed E-state index contributed by atoms with van der Waals surface area (Å²) in [5.41, 5.74) is 0. The second-order valence-electron chi connectivity index (χ2n) is 5.80. The number of carbonyl (C=O) groups excluding carboxylic acids is 1. The van der Waals surface area contributed by atoms with Crippen LogP contribution < -0.4 is 4.72 Å². The molecule has 0 spiro atoms. The summed E-state index contributed by atoms with van der Waals surface area (Å²) >= 11 is 0. The van der Waals surface area contributed by atoms with Gasteiger partial charge in [-0.3, -0.25) is 4.79 Å². The minimum absolute atomic E-state index is 0.00401. The molecule has 10 heteroatoms. The average Bonchev–Trinajstić information content (AvgIpc) is 3.00. The number of likely N-dealkylation sites (tertiary alicyclic amines) is 1. The van der Waals surface area contributed by atoms with Crippen LogP contribution in [0.2, 0.25) is 0 Å². The molecule has 0 aromatic carbocycles. The van der Waals surface area contributed by atoms with Crippen LogP contribution in [0.3, 0.4) is 0 Å². The van der Waals surface area contributed by atoms with Crippen molar-refractivity contribution >= 4 is 16.1 Å². The molecular formula is C13H24N6O3S. The van der Waals surface area contributed by atoms with Gasteiger partial charge < -0.3 is 4.90 Å². The van der Waals surface area contributed by atoms with Crippen LogP contribution >= 0.6 is 0 Å². The summed E-state index contributed by atoms with van der Waals surface area (Å²) in [7, 11) is -0.454. The molecule has 1 aromatic rings. The summed E-state index contributed by atoms with van der Waals surface area (Å²) in [6, 6.07) is 0.0598. The molecule has 1 N–H and O–H groups in total. The number of aromatic nitrogens is 3. The molecular weight excluding hydrogens is 320 g/mol. The van der Waals surface area contributed by atoms with Gasteiger partial charge in [-0.15, -0.1) is 0 Å². The zero-order valence-corrected chi connectivity index (χ0v) is 14.4. The Morgan fingerprint density at radius 1 is 1.39 bits per heavy atom. The quantitative estimate of drug-likeness (QED) is 0.715. The van der Waals surface area contributed by atoms with Gasteiger partial charge >= 0.3 is 0 Å². The molecule has 9 nitrogen and oxygen atoms in total. The van der Waals surface area contributed by atoms with E-state index < -0.39 is 10.2 Å². The third-order valence-corrected chi connectivity index (χ3v) is 5.48. The van der Waals surface area contributed by atoms with Crippen LogP contribution in [0, 0.1) is 0 Å². The Bertz CT molecular complexity index is 601. The van der Waals surface area contributed by atoms with E-state index in [9.17, 15) is 13.2 Å². The maximum absolute atomic E-state index is 12.4. The average molecular weight is 344 g/mol. The Hall–Kier alpha value is -1.52. The molecule has 1 amide bonds. The van der Waals surface area contributed by atoms with E-state index in [-0.39, 0.29) is 18.5 Å². The highest BCUT2D eigenvalue weighted by Crippen LogP contribution is 2.20. The van der Waals surface area contributed by atoms with Gasteiger partial charge in [0.2, 0.25) is 5.91 Å². The zero-order chi connectivity index (χ0) is 16.9. The van der Waals surface area contributed by atoms with Crippen molar-refractivity contribution in [3.05, 3.63) is 12.7 Å². The lowest BCUT2D eigenvalue weighted by atomic mass is 9.99. The highest BCUT2D eigenvalue weighted by molar-refractivity contribution is 7.87. The molecule has 1 aliphatic rings. The molecule has 130 valence electrons. The van der Waals surface area contributed by atoms with Crippen LogP contribution in [0.4, 0.5) is 0 Å². The van der Waals surface area contributed by atoms with Gasteiger partial charge in [-0.2, -0.15) is 17.8 Å². The third kappa shape index (κ3) is 4.98. The van der Waals surface area contributed by atoms with Crippen molar-refractivity contribution in [1.29, 1.82) is 0 Å². The monoisotopic (exact) mass is 344 g/mol. The zero-order valence-electron chi connectivity index (χ0n) is 13.6. The second-order valence-corrected chi connectivity index (χ2v) is 7.77. The third-order valence-electron chi connectivity index (χ3n) is 3.95. The van der Waals surface area contributed by atoms with Crippen LogP contribution in [0.25, 0.3) is 0 Å². The molecule has 23 heavy (non-hydrogen) atoms. The van der Waals surface area contributed by atoms with Crippen LogP contribution in [0.15, 0.2) is 12.7 Å². The Balaban J connectivity index is 1.89. The molecule has 0 bridgehead atoms. The SMILES string of the molecule is CN(C)S(=O)(=O)NCCC1CCCCN1C(=O)Cn1cncn1. The predicted molar refractivity (Wildman–Crippen MR) is 84.6 cm³/mol. The number of amides is 1. The molecule has 1 fully saturated rings. The summed E-state index contributed by atoms with van der Waals surface area (Å²) in [5, 5.41) is 3.95. The number of nitrogens with zero attached hydrogens (tertiary/aromatic N) is 5. The number of carbonyl (C=O) groups is 1. The van der Waals surface area contributed by atoms with E-state index in [0.717, 1.165) is 23.6 Å². The van der Waals surface area contributed by atoms with Crippen molar-refractivity contribution in [3.63, 3.8) is 0 Å². The van der Waals surface area contributed by atoms with E-state index in [4.69, 9.17) is 0 Å². The van der Waals surface area contributed by atoms with E-state index in [1.165, 1.54) is 31.4 Å². The van der Waals surface area contributed by atoms with Gasteiger partial charge in [-0.1, -0.05) is 0 Å². The summed E-state index contributed by atoms with van der Waals surface area (Å²) in [5.74, 6) is -0.00401. The maximum Gasteiger partial charge on any atom is 0.278 e. The van der Waals surface area contributed by atoms with Gasteiger partial charge in [-0.25, -0.2) is 14.4 Å². The van der Waals surface area contributed by atoms with Crippen LogP contribution in [0.1, 0.15) is 25.7 Å². The van der Waals surface area contributed by atoms with Gasteiger partial charge in [0.15, 0.2) is 0 Å². The number of hydrogen-bond donors (Lipinski definition) is 1. The highest BCUT2D eigenvalue weighted by Gasteiger charge is 2.27. The molecule has 1 atom stereocenters. The second kappa shape index (κ2) is 7.84. The first kappa shape index (κ1) is 17.8. The van der Waals surface area contributed by atoms with Crippen molar-refractivity contribution in [1.82, 2.24) is 28.7 Å². The molecule has 2 rings (SSSR count). The highest BCUT2D eigenvalue weighted by atomic mass is 32.2. The molecule has 1 aromatic heterocycles. The topological polar surface area (TPSA) is 100 Å². The molecule has 0 saturated carbocycles. The van der Waals surface area contributed by atoms with Gasteiger partial charge in [0.05, 0.1) is 0 Å². The Kier molecular flexibility index (Phi) is 6.08. The molecule has 2 heterocycles. The minimum atomic E-state index is -3.42. The van der Waals surface area contributed by atoms with Crippen LogP contribution in [-0.2, 0) is 21.5 Å². The molecule has 0 radical (unpaired) electrons. The van der Waals surface area contributed by atoms with Gasteiger partial charge in [0.1, 0.15) is 19.2 Å². The first-order valence-electron chi connectivity index (χ1n) is 7.69. The molecule has 0 aliphatic carbocycles. The van der Waals surface area contributed by atoms with Gasteiger partial charge in [0, 0.05) is 33.2 Å². The van der Waals surface area contributed by atoms with Crippen molar-refractivity contribution < 1.29 is 13.2 Å². The van der Waals surface area contributed by atoms with Crippen molar-refractivity contribution in [3.8, 4) is 0 Å². The van der Waals surface area contributed by atoms with Gasteiger partial charge in [-0.05, 0) is 25.7 Å². The van der Waals surface area contributed by atoms with E-state index >= 15 is 0 Å². The summed E-state index contributed by atoms with van der Waals surface area (Å²) in [6.45, 7) is 1.19. The van der Waals surface area contributed by atoms with Crippen molar-refractivity contribution in [2.24, 2.45) is 0 Å². The van der Waals surface area contributed by atoms with E-state index in [1.807, 2.05) is 4.90 Å². The smallest absolute Gasteiger partial charge is 0.278 e. The van der Waals surface area contributed by atoms with E-state index in [2.05, 4.69) is 14.8 Å². The Morgan fingerprint density at radius 2 is 2.17 bits per heavy atom. The number of hydrogen-bond acceptors (Lipinski definition) is 5. The number of nitrogens with one attached hydrogen (secondary N) is 1. The first-order valence-corrected chi connectivity index (χ1v) is 9.13. The minimum Gasteiger partial charge on any atom is -0.338 e. The van der Waals surface area contributed by atoms with Crippen molar-refractivity contribution in [2.45, 2.75) is 38.3 Å². The largest absolute Gasteiger partial charge is 0.338 e. The normalized spacial score (nSPS) is 19.3. The van der Waals surface area contributed by atoms with E-state index in [1.54, 1.807) is 0 Å². The summed E-state index contributed by atoms with van der Waals surface area (Å²) in [6.07, 6.45) is 6.45. The molecule has 1 aliphatic heterocycles. The predicted octanol–water partition coefficient (Wildman–Crippen LogP) is -0.555. The maximum atomic E-state index is 12.4. The fraction of sp³-hybridized carbons (Fsp3) is 0.769. The lowest BCUT2D eigenvalue weighted by Gasteiger charge is -2.36. The van der Waals surface area contributed by atoms with Crippen LogP contribution in [-0.4, -0.2) is 71.5 Å². The fourth-order valence-electron chi connectivity index (χ4n) is 2.66. The lowest BCUT2D eigenvalue weighted by Crippen LogP contribution is -2.47. The lowest BCUT2D eigenvalue weighted by molar-refractivity contribution is -0.135. The summed E-state index contributed by atoms with van der Waals surface area (Å²) < 4.78 is 28.6. The standard InChI is InChI=1S/C13H24N6O3S/c1-17(2)23(21,22)16-7-6-12-5-3-4-8-19(12)13(20)9-18-11-14-10-15-18/h10-12,16H,3-9H2,1-2H3. The fourth-order valence-corrected chi connectivity index (χ4v) is 3.29. The number of rotatable bonds is 7. The van der Waals surface area contributed by atoms with Gasteiger partial charge in [0.25, 0.3) is 10.2 Å². The molecule has 1 unspecified atom stereocenters. The Labute approximate surface area is 136 Å². The number of piperidine rings is 1. The van der Waals surface area contributed by atoms with Crippen molar-refractivity contribution in [2.75, 3.05) is 27.2 Å². The Morgan fingerprint density at radius 3 is 2.83 bits per heavy atom. The van der Waals surface area contributed by atoms with E-state index in [0.29, 0.717) is 19.5 Å². The summed E-state index contributed by atoms with van der Waals surface area (Å²) in [4.78, 5) is 18.1.